The van der Waals surface area contributed by atoms with Crippen molar-refractivity contribution in [1.29, 1.82) is 0 Å². The highest BCUT2D eigenvalue weighted by molar-refractivity contribution is 5.97. The molecule has 1 rings (SSSR count). The number of amides is 2. The van der Waals surface area contributed by atoms with E-state index in [1.807, 2.05) is 0 Å². The number of carbonyl (C=O) groups is 2. The average molecular weight is 197 g/mol. The fourth-order valence-electron chi connectivity index (χ4n) is 1.44. The van der Waals surface area contributed by atoms with Crippen molar-refractivity contribution in [2.45, 2.75) is 25.7 Å². The predicted octanol–water partition coefficient (Wildman–Crippen LogP) is 1.08. The second kappa shape index (κ2) is 5.42. The van der Waals surface area contributed by atoms with Crippen LogP contribution >= 0.6 is 0 Å². The minimum absolute atomic E-state index is 0.0557. The predicted molar refractivity (Wildman–Crippen MR) is 51.3 cm³/mol. The van der Waals surface area contributed by atoms with Crippen LogP contribution in [0.1, 0.15) is 25.7 Å². The quantitative estimate of drug-likeness (QED) is 0.376. The van der Waals surface area contributed by atoms with Gasteiger partial charge in [-0.1, -0.05) is 6.58 Å². The molecule has 1 heterocycles. The summed E-state index contributed by atoms with van der Waals surface area (Å²) in [6.07, 6.45) is 3.71. The maximum atomic E-state index is 11.3. The second-order valence-corrected chi connectivity index (χ2v) is 3.18. The van der Waals surface area contributed by atoms with Crippen molar-refractivity contribution in [2.75, 3.05) is 13.2 Å². The lowest BCUT2D eigenvalue weighted by Crippen LogP contribution is -2.40. The summed E-state index contributed by atoms with van der Waals surface area (Å²) < 4.78 is 4.91. The Hall–Kier alpha value is -1.32. The standard InChI is InChI=1S/C10H15NO3/c1-2-14-8-4-7-11-9(12)5-3-6-10(11)13/h2H,1,3-8H2. The van der Waals surface area contributed by atoms with E-state index in [4.69, 9.17) is 4.74 Å². The number of rotatable bonds is 5. The molecule has 78 valence electrons. The Morgan fingerprint density at radius 2 is 2.00 bits per heavy atom. The first-order valence-electron chi connectivity index (χ1n) is 4.81. The molecule has 0 spiro atoms. The largest absolute Gasteiger partial charge is 0.502 e. The lowest BCUT2D eigenvalue weighted by atomic mass is 10.1. The average Bonchev–Trinajstić information content (AvgIpc) is 2.16. The molecular weight excluding hydrogens is 182 g/mol. The van der Waals surface area contributed by atoms with Crippen molar-refractivity contribution in [2.24, 2.45) is 0 Å². The Kier molecular flexibility index (Phi) is 4.16. The molecule has 2 amide bonds. The van der Waals surface area contributed by atoms with E-state index in [2.05, 4.69) is 6.58 Å². The van der Waals surface area contributed by atoms with E-state index < -0.39 is 0 Å². The zero-order valence-corrected chi connectivity index (χ0v) is 8.20. The third-order valence-electron chi connectivity index (χ3n) is 2.15. The number of ether oxygens (including phenoxy) is 1. The van der Waals surface area contributed by atoms with Crippen molar-refractivity contribution >= 4 is 11.8 Å². The van der Waals surface area contributed by atoms with Gasteiger partial charge in [0.2, 0.25) is 11.8 Å². The Morgan fingerprint density at radius 1 is 1.36 bits per heavy atom. The van der Waals surface area contributed by atoms with Gasteiger partial charge in [0.25, 0.3) is 0 Å². The summed E-state index contributed by atoms with van der Waals surface area (Å²) in [5.41, 5.74) is 0. The van der Waals surface area contributed by atoms with Gasteiger partial charge in [-0.25, -0.2) is 0 Å². The maximum absolute atomic E-state index is 11.3. The number of nitrogens with zero attached hydrogens (tertiary/aromatic N) is 1. The first kappa shape index (κ1) is 10.8. The molecular formula is C10H15NO3. The summed E-state index contributed by atoms with van der Waals surface area (Å²) >= 11 is 0. The van der Waals surface area contributed by atoms with E-state index >= 15 is 0 Å². The molecule has 0 unspecified atom stereocenters. The summed E-state index contributed by atoms with van der Waals surface area (Å²) in [5, 5.41) is 0. The lowest BCUT2D eigenvalue weighted by molar-refractivity contribution is -0.148. The van der Waals surface area contributed by atoms with Crippen LogP contribution in [-0.2, 0) is 14.3 Å². The van der Waals surface area contributed by atoms with Gasteiger partial charge in [0, 0.05) is 19.4 Å². The number of likely N-dealkylation sites (tertiary alicyclic amines) is 1. The molecule has 14 heavy (non-hydrogen) atoms. The molecule has 0 bridgehead atoms. The van der Waals surface area contributed by atoms with Crippen LogP contribution in [0.3, 0.4) is 0 Å². The van der Waals surface area contributed by atoms with Crippen LogP contribution in [0.2, 0.25) is 0 Å². The van der Waals surface area contributed by atoms with Gasteiger partial charge in [-0.05, 0) is 12.8 Å². The molecule has 0 saturated carbocycles. The van der Waals surface area contributed by atoms with Gasteiger partial charge in [0.1, 0.15) is 0 Å². The van der Waals surface area contributed by atoms with Crippen molar-refractivity contribution in [3.05, 3.63) is 12.8 Å². The van der Waals surface area contributed by atoms with Gasteiger partial charge < -0.3 is 4.74 Å². The van der Waals surface area contributed by atoms with Crippen LogP contribution in [0.4, 0.5) is 0 Å². The van der Waals surface area contributed by atoms with Crippen molar-refractivity contribution in [1.82, 2.24) is 4.90 Å². The van der Waals surface area contributed by atoms with Crippen LogP contribution in [0.5, 0.6) is 0 Å². The molecule has 4 heteroatoms. The lowest BCUT2D eigenvalue weighted by Gasteiger charge is -2.24. The van der Waals surface area contributed by atoms with Gasteiger partial charge in [0.15, 0.2) is 0 Å². The maximum Gasteiger partial charge on any atom is 0.229 e. The van der Waals surface area contributed by atoms with Gasteiger partial charge >= 0.3 is 0 Å². The Balaban J connectivity index is 2.29. The minimum Gasteiger partial charge on any atom is -0.502 e. The van der Waals surface area contributed by atoms with Gasteiger partial charge in [-0.15, -0.1) is 0 Å². The SMILES string of the molecule is C=COCCCN1C(=O)CCCC1=O. The summed E-state index contributed by atoms with van der Waals surface area (Å²) in [5.74, 6) is -0.111. The molecule has 1 aliphatic rings. The number of hydrogen-bond acceptors (Lipinski definition) is 3. The molecule has 0 aromatic heterocycles. The third kappa shape index (κ3) is 2.87. The molecule has 1 saturated heterocycles. The molecule has 0 radical (unpaired) electrons. The fourth-order valence-corrected chi connectivity index (χ4v) is 1.44. The second-order valence-electron chi connectivity index (χ2n) is 3.18. The van der Waals surface area contributed by atoms with Crippen molar-refractivity contribution in [3.63, 3.8) is 0 Å². The normalized spacial score (nSPS) is 17.0. The van der Waals surface area contributed by atoms with E-state index in [-0.39, 0.29) is 11.8 Å². The van der Waals surface area contributed by atoms with E-state index in [0.29, 0.717) is 38.8 Å². The molecule has 4 nitrogen and oxygen atoms in total. The third-order valence-corrected chi connectivity index (χ3v) is 2.15. The highest BCUT2D eigenvalue weighted by Gasteiger charge is 2.24. The fraction of sp³-hybridized carbons (Fsp3) is 0.600. The molecule has 1 fully saturated rings. The van der Waals surface area contributed by atoms with Gasteiger partial charge in [-0.2, -0.15) is 0 Å². The smallest absolute Gasteiger partial charge is 0.229 e. The van der Waals surface area contributed by atoms with Crippen LogP contribution in [0.25, 0.3) is 0 Å². The molecule has 0 atom stereocenters. The Morgan fingerprint density at radius 3 is 2.57 bits per heavy atom. The van der Waals surface area contributed by atoms with Crippen LogP contribution < -0.4 is 0 Å². The molecule has 0 aromatic carbocycles. The van der Waals surface area contributed by atoms with E-state index in [1.54, 1.807) is 0 Å². The van der Waals surface area contributed by atoms with E-state index in [1.165, 1.54) is 11.2 Å². The van der Waals surface area contributed by atoms with Gasteiger partial charge in [0.05, 0.1) is 12.9 Å². The Labute approximate surface area is 83.5 Å². The first-order valence-corrected chi connectivity index (χ1v) is 4.81. The number of piperidine rings is 1. The van der Waals surface area contributed by atoms with Crippen molar-refractivity contribution < 1.29 is 14.3 Å². The van der Waals surface area contributed by atoms with Crippen molar-refractivity contribution in [3.8, 4) is 0 Å². The monoisotopic (exact) mass is 197 g/mol. The zero-order chi connectivity index (χ0) is 10.4. The van der Waals surface area contributed by atoms with E-state index in [9.17, 15) is 9.59 Å². The topological polar surface area (TPSA) is 46.6 Å². The number of imide groups is 1. The number of hydrogen-bond donors (Lipinski definition) is 0. The highest BCUT2D eigenvalue weighted by atomic mass is 16.5. The molecule has 0 N–H and O–H groups in total. The summed E-state index contributed by atoms with van der Waals surface area (Å²) in [6.45, 7) is 4.37. The summed E-state index contributed by atoms with van der Waals surface area (Å²) in [6, 6.07) is 0. The highest BCUT2D eigenvalue weighted by Crippen LogP contribution is 2.12. The van der Waals surface area contributed by atoms with Crippen LogP contribution in [0, 0.1) is 0 Å². The minimum atomic E-state index is -0.0557. The van der Waals surface area contributed by atoms with Crippen LogP contribution in [0.15, 0.2) is 12.8 Å². The Bertz CT molecular complexity index is 222. The van der Waals surface area contributed by atoms with E-state index in [0.717, 1.165) is 0 Å². The molecule has 1 aliphatic heterocycles. The summed E-state index contributed by atoms with van der Waals surface area (Å²) in [7, 11) is 0. The van der Waals surface area contributed by atoms with Crippen LogP contribution in [-0.4, -0.2) is 29.9 Å². The first-order chi connectivity index (χ1) is 6.75. The molecule has 0 aromatic rings. The van der Waals surface area contributed by atoms with Gasteiger partial charge in [-0.3, -0.25) is 14.5 Å². The number of carbonyl (C=O) groups excluding carboxylic acids is 2. The molecule has 0 aliphatic carbocycles. The zero-order valence-electron chi connectivity index (χ0n) is 8.20. The summed E-state index contributed by atoms with van der Waals surface area (Å²) in [4.78, 5) is 24.0.